The Hall–Kier alpha value is -1.81. The lowest BCUT2D eigenvalue weighted by atomic mass is 10.1. The van der Waals surface area contributed by atoms with Gasteiger partial charge in [-0.15, -0.1) is 0 Å². The van der Waals surface area contributed by atoms with Crippen molar-refractivity contribution in [1.29, 1.82) is 0 Å². The molecule has 0 atom stereocenters. The summed E-state index contributed by atoms with van der Waals surface area (Å²) in [4.78, 5) is 0. The predicted octanol–water partition coefficient (Wildman–Crippen LogP) is 3.05. The van der Waals surface area contributed by atoms with Crippen LogP contribution in [0.25, 0.3) is 5.70 Å². The lowest BCUT2D eigenvalue weighted by Crippen LogP contribution is -2.38. The van der Waals surface area contributed by atoms with Crippen molar-refractivity contribution in [2.45, 2.75) is 20.8 Å². The van der Waals surface area contributed by atoms with Crippen molar-refractivity contribution in [3.8, 4) is 0 Å². The molecule has 0 unspecified atom stereocenters. The van der Waals surface area contributed by atoms with Crippen molar-refractivity contribution in [1.82, 2.24) is 15.8 Å². The molecule has 114 valence electrons. The molecule has 0 saturated heterocycles. The molecule has 0 fully saturated rings. The molecule has 0 saturated carbocycles. The molecule has 0 aromatic heterocycles. The Bertz CT molecular complexity index is 561. The van der Waals surface area contributed by atoms with Crippen LogP contribution in [0.3, 0.4) is 0 Å². The average Bonchev–Trinajstić information content (AvgIpc) is 2.41. The highest BCUT2D eigenvalue weighted by Gasteiger charge is 2.14. The number of likely N-dealkylation sites (N-methyl/N-ethyl adjacent to an activating group) is 1. The Labute approximate surface area is 126 Å². The highest BCUT2D eigenvalue weighted by molar-refractivity contribution is 5.68. The van der Waals surface area contributed by atoms with Crippen LogP contribution in [0.4, 0.5) is 4.39 Å². The van der Waals surface area contributed by atoms with Gasteiger partial charge >= 0.3 is 0 Å². The molecule has 2 N–H and O–H groups in total. The molecule has 0 amide bonds. The number of nitrogens with zero attached hydrogens (tertiary/aromatic N) is 1. The van der Waals surface area contributed by atoms with Crippen molar-refractivity contribution in [2.75, 3.05) is 20.1 Å². The predicted molar refractivity (Wildman–Crippen MR) is 85.8 cm³/mol. The first-order valence-corrected chi connectivity index (χ1v) is 7.36. The van der Waals surface area contributed by atoms with Gasteiger partial charge in [-0.2, -0.15) is 0 Å². The summed E-state index contributed by atoms with van der Waals surface area (Å²) in [6, 6.07) is 5.22. The molecule has 3 nitrogen and oxygen atoms in total. The van der Waals surface area contributed by atoms with E-state index in [0.29, 0.717) is 11.5 Å². The van der Waals surface area contributed by atoms with Crippen LogP contribution in [-0.4, -0.2) is 25.1 Å². The maximum Gasteiger partial charge on any atom is 0.126 e. The Kier molecular flexibility index (Phi) is 5.02. The fraction of sp³-hybridized carbons (Fsp3) is 0.412. The lowest BCUT2D eigenvalue weighted by Gasteiger charge is -2.30. The molecule has 0 spiro atoms. The second-order valence-electron chi connectivity index (χ2n) is 5.91. The van der Waals surface area contributed by atoms with Crippen LogP contribution >= 0.6 is 0 Å². The van der Waals surface area contributed by atoms with Gasteiger partial charge in [-0.3, -0.25) is 10.4 Å². The van der Waals surface area contributed by atoms with Gasteiger partial charge < -0.3 is 5.32 Å². The van der Waals surface area contributed by atoms with Crippen molar-refractivity contribution in [2.24, 2.45) is 5.92 Å². The van der Waals surface area contributed by atoms with Gasteiger partial charge in [0.25, 0.3) is 0 Å². The van der Waals surface area contributed by atoms with Crippen LogP contribution in [-0.2, 0) is 0 Å². The molecular weight excluding hydrogens is 265 g/mol. The third-order valence-corrected chi connectivity index (χ3v) is 3.33. The second-order valence-corrected chi connectivity index (χ2v) is 5.91. The largest absolute Gasteiger partial charge is 0.316 e. The number of aryl methyl sites for hydroxylation is 1. The maximum absolute atomic E-state index is 13.4. The molecule has 1 aliphatic rings. The average molecular weight is 289 g/mol. The molecular formula is C17H24FN3. The van der Waals surface area contributed by atoms with E-state index in [1.807, 2.05) is 19.2 Å². The molecule has 0 radical (unpaired) electrons. The minimum atomic E-state index is -0.166. The van der Waals surface area contributed by atoms with E-state index in [1.165, 1.54) is 11.6 Å². The molecule has 0 bridgehead atoms. The summed E-state index contributed by atoms with van der Waals surface area (Å²) in [6.07, 6.45) is 4.23. The monoisotopic (exact) mass is 289 g/mol. The smallest absolute Gasteiger partial charge is 0.126 e. The molecule has 21 heavy (non-hydrogen) atoms. The molecule has 4 heteroatoms. The van der Waals surface area contributed by atoms with Gasteiger partial charge in [-0.05, 0) is 60.9 Å². The van der Waals surface area contributed by atoms with Gasteiger partial charge in [0.05, 0.1) is 5.70 Å². The number of nitrogens with one attached hydrogen (secondary N) is 2. The van der Waals surface area contributed by atoms with Crippen LogP contribution in [0.1, 0.15) is 25.0 Å². The van der Waals surface area contributed by atoms with E-state index >= 15 is 0 Å². The third kappa shape index (κ3) is 4.08. The van der Waals surface area contributed by atoms with Crippen LogP contribution in [0.5, 0.6) is 0 Å². The summed E-state index contributed by atoms with van der Waals surface area (Å²) in [5.74, 6) is 0.388. The minimum absolute atomic E-state index is 0.166. The summed E-state index contributed by atoms with van der Waals surface area (Å²) in [5, 5.41) is 5.28. The van der Waals surface area contributed by atoms with Gasteiger partial charge in [-0.1, -0.05) is 13.8 Å². The van der Waals surface area contributed by atoms with Gasteiger partial charge in [0.1, 0.15) is 5.82 Å². The zero-order valence-corrected chi connectivity index (χ0v) is 13.2. The highest BCUT2D eigenvalue weighted by Crippen LogP contribution is 2.21. The highest BCUT2D eigenvalue weighted by atomic mass is 19.1. The van der Waals surface area contributed by atoms with E-state index in [9.17, 15) is 4.39 Å². The fourth-order valence-corrected chi connectivity index (χ4v) is 2.39. The van der Waals surface area contributed by atoms with Gasteiger partial charge in [0.15, 0.2) is 0 Å². The third-order valence-electron chi connectivity index (χ3n) is 3.33. The fourth-order valence-electron chi connectivity index (χ4n) is 2.39. The SMILES string of the molecule is CNCC1=CN(CC(C)C)NC(c2ccc(F)c(C)c2)=C1. The van der Waals surface area contributed by atoms with Crippen molar-refractivity contribution in [3.05, 3.63) is 53.0 Å². The topological polar surface area (TPSA) is 27.3 Å². The number of halogens is 1. The minimum Gasteiger partial charge on any atom is -0.316 e. The second kappa shape index (κ2) is 6.76. The van der Waals surface area contributed by atoms with Crippen LogP contribution in [0.15, 0.2) is 36.0 Å². The molecule has 1 aromatic carbocycles. The van der Waals surface area contributed by atoms with Crippen molar-refractivity contribution in [3.63, 3.8) is 0 Å². The number of hydrogen-bond donors (Lipinski definition) is 2. The Morgan fingerprint density at radius 1 is 1.33 bits per heavy atom. The molecule has 1 aromatic rings. The van der Waals surface area contributed by atoms with Crippen molar-refractivity contribution >= 4 is 5.70 Å². The summed E-state index contributed by atoms with van der Waals surface area (Å²) in [7, 11) is 1.94. The standard InChI is InChI=1S/C17H24FN3/c1-12(2)10-21-11-14(9-19-4)8-17(20-21)15-5-6-16(18)13(3)7-15/h5-8,11-12,19-20H,9-10H2,1-4H3. The van der Waals surface area contributed by atoms with E-state index in [1.54, 1.807) is 6.92 Å². The molecule has 2 rings (SSSR count). The summed E-state index contributed by atoms with van der Waals surface area (Å²) in [5.41, 5.74) is 7.28. The molecule has 0 aliphatic carbocycles. The summed E-state index contributed by atoms with van der Waals surface area (Å²) < 4.78 is 13.4. The van der Waals surface area contributed by atoms with Crippen LogP contribution in [0.2, 0.25) is 0 Å². The first kappa shape index (κ1) is 15.6. The van der Waals surface area contributed by atoms with E-state index in [-0.39, 0.29) is 5.82 Å². The molecule has 1 heterocycles. The summed E-state index contributed by atoms with van der Waals surface area (Å²) >= 11 is 0. The Morgan fingerprint density at radius 2 is 2.10 bits per heavy atom. The number of benzene rings is 1. The Morgan fingerprint density at radius 3 is 2.71 bits per heavy atom. The van der Waals surface area contributed by atoms with E-state index < -0.39 is 0 Å². The van der Waals surface area contributed by atoms with Crippen molar-refractivity contribution < 1.29 is 4.39 Å². The zero-order valence-electron chi connectivity index (χ0n) is 13.2. The normalized spacial score (nSPS) is 14.9. The van der Waals surface area contributed by atoms with Crippen LogP contribution < -0.4 is 10.7 Å². The number of rotatable bonds is 5. The Balaban J connectivity index is 2.28. The quantitative estimate of drug-likeness (QED) is 0.872. The first-order chi connectivity index (χ1) is 9.99. The van der Waals surface area contributed by atoms with Gasteiger partial charge in [0, 0.05) is 19.3 Å². The lowest BCUT2D eigenvalue weighted by molar-refractivity contribution is 0.281. The summed E-state index contributed by atoms with van der Waals surface area (Å²) in [6.45, 7) is 7.89. The van der Waals surface area contributed by atoms with E-state index in [0.717, 1.165) is 24.4 Å². The van der Waals surface area contributed by atoms with Crippen LogP contribution in [0, 0.1) is 18.7 Å². The van der Waals surface area contributed by atoms with E-state index in [4.69, 9.17) is 0 Å². The maximum atomic E-state index is 13.4. The molecule has 1 aliphatic heterocycles. The number of hydrazine groups is 1. The first-order valence-electron chi connectivity index (χ1n) is 7.36. The zero-order chi connectivity index (χ0) is 15.4. The van der Waals surface area contributed by atoms with E-state index in [2.05, 4.69) is 41.9 Å². The number of hydrogen-bond acceptors (Lipinski definition) is 3. The van der Waals surface area contributed by atoms with Gasteiger partial charge in [0.2, 0.25) is 0 Å². The van der Waals surface area contributed by atoms with Gasteiger partial charge in [-0.25, -0.2) is 4.39 Å².